The van der Waals surface area contributed by atoms with Crippen molar-refractivity contribution < 1.29 is 5.11 Å². The molecule has 3 N–H and O–H groups in total. The zero-order valence-electron chi connectivity index (χ0n) is 7.83. The molecule has 0 bridgehead atoms. The minimum Gasteiger partial charge on any atom is -0.508 e. The van der Waals surface area contributed by atoms with E-state index in [4.69, 9.17) is 5.73 Å². The van der Waals surface area contributed by atoms with E-state index in [1.54, 1.807) is 12.1 Å². The van der Waals surface area contributed by atoms with Crippen molar-refractivity contribution in [3.8, 4) is 5.75 Å². The Kier molecular flexibility index (Phi) is 2.00. The van der Waals surface area contributed by atoms with Crippen molar-refractivity contribution in [3.63, 3.8) is 0 Å². The van der Waals surface area contributed by atoms with Crippen LogP contribution in [0.3, 0.4) is 0 Å². The Morgan fingerprint density at radius 2 is 2.08 bits per heavy atom. The van der Waals surface area contributed by atoms with E-state index in [1.165, 1.54) is 12.8 Å². The quantitative estimate of drug-likeness (QED) is 0.726. The van der Waals surface area contributed by atoms with Crippen LogP contribution in [0.15, 0.2) is 18.2 Å². The van der Waals surface area contributed by atoms with Gasteiger partial charge in [-0.2, -0.15) is 0 Å². The van der Waals surface area contributed by atoms with Crippen molar-refractivity contribution in [3.05, 3.63) is 29.3 Å². The number of aromatic hydroxyl groups is 1. The summed E-state index contributed by atoms with van der Waals surface area (Å²) in [6, 6.07) is 5.70. The molecule has 0 unspecified atom stereocenters. The summed E-state index contributed by atoms with van der Waals surface area (Å²) in [6.07, 6.45) is 2.46. The average molecular weight is 177 g/mol. The van der Waals surface area contributed by atoms with E-state index in [-0.39, 0.29) is 6.04 Å². The predicted molar refractivity (Wildman–Crippen MR) is 52.5 cm³/mol. The largest absolute Gasteiger partial charge is 0.508 e. The fraction of sp³-hybridized carbons (Fsp3) is 0.455. The number of nitrogens with two attached hydrogens (primary N) is 1. The molecule has 1 aliphatic rings. The first-order chi connectivity index (χ1) is 6.16. The van der Waals surface area contributed by atoms with Crippen molar-refractivity contribution in [1.29, 1.82) is 0 Å². The van der Waals surface area contributed by atoms with E-state index in [9.17, 15) is 5.11 Å². The van der Waals surface area contributed by atoms with Crippen LogP contribution in [0.25, 0.3) is 0 Å². The van der Waals surface area contributed by atoms with Gasteiger partial charge in [0.2, 0.25) is 0 Å². The Morgan fingerprint density at radius 3 is 2.62 bits per heavy atom. The molecule has 2 nitrogen and oxygen atoms in total. The number of aryl methyl sites for hydroxylation is 1. The molecular formula is C11H15NO. The lowest BCUT2D eigenvalue weighted by Crippen LogP contribution is -2.12. The van der Waals surface area contributed by atoms with Crippen LogP contribution in [-0.2, 0) is 0 Å². The molecule has 1 saturated carbocycles. The van der Waals surface area contributed by atoms with E-state index in [1.807, 2.05) is 6.92 Å². The predicted octanol–water partition coefficient (Wildman–Crippen LogP) is 2.11. The Labute approximate surface area is 78.4 Å². The van der Waals surface area contributed by atoms with Crippen LogP contribution in [0.5, 0.6) is 5.75 Å². The lowest BCUT2D eigenvalue weighted by atomic mass is 10.0. The van der Waals surface area contributed by atoms with E-state index >= 15 is 0 Å². The summed E-state index contributed by atoms with van der Waals surface area (Å²) in [6.45, 7) is 1.98. The lowest BCUT2D eigenvalue weighted by Gasteiger charge is -2.11. The smallest absolute Gasteiger partial charge is 0.116 e. The average Bonchev–Trinajstić information content (AvgIpc) is 2.83. The fourth-order valence-electron chi connectivity index (χ4n) is 1.71. The van der Waals surface area contributed by atoms with Crippen LogP contribution in [0.1, 0.15) is 30.0 Å². The lowest BCUT2D eigenvalue weighted by molar-refractivity contribution is 0.472. The maximum absolute atomic E-state index is 9.39. The minimum atomic E-state index is 0.116. The minimum absolute atomic E-state index is 0.116. The van der Waals surface area contributed by atoms with Gasteiger partial charge in [0.1, 0.15) is 5.75 Å². The van der Waals surface area contributed by atoms with Crippen LogP contribution in [0.2, 0.25) is 0 Å². The van der Waals surface area contributed by atoms with E-state index in [0.717, 1.165) is 11.1 Å². The van der Waals surface area contributed by atoms with Crippen molar-refractivity contribution >= 4 is 0 Å². The second kappa shape index (κ2) is 3.04. The highest BCUT2D eigenvalue weighted by Crippen LogP contribution is 2.40. The second-order valence-corrected chi connectivity index (χ2v) is 3.97. The van der Waals surface area contributed by atoms with Gasteiger partial charge in [0, 0.05) is 6.04 Å². The summed E-state index contributed by atoms with van der Waals surface area (Å²) in [5.74, 6) is 0.965. The molecule has 0 spiro atoms. The highest BCUT2D eigenvalue weighted by atomic mass is 16.3. The van der Waals surface area contributed by atoms with E-state index < -0.39 is 0 Å². The first-order valence-corrected chi connectivity index (χ1v) is 4.73. The van der Waals surface area contributed by atoms with Gasteiger partial charge in [-0.25, -0.2) is 0 Å². The topological polar surface area (TPSA) is 46.2 Å². The molecule has 0 aliphatic heterocycles. The summed E-state index contributed by atoms with van der Waals surface area (Å²) >= 11 is 0. The zero-order valence-corrected chi connectivity index (χ0v) is 7.83. The third-order valence-corrected chi connectivity index (χ3v) is 2.60. The van der Waals surface area contributed by atoms with Gasteiger partial charge in [0.15, 0.2) is 0 Å². The number of phenolic OH excluding ortho intramolecular Hbond substituents is 1. The molecule has 13 heavy (non-hydrogen) atoms. The molecule has 70 valence electrons. The molecule has 1 aliphatic carbocycles. The van der Waals surface area contributed by atoms with Gasteiger partial charge in [0.05, 0.1) is 0 Å². The summed E-state index contributed by atoms with van der Waals surface area (Å²) in [5.41, 5.74) is 8.17. The van der Waals surface area contributed by atoms with Gasteiger partial charge in [0.25, 0.3) is 0 Å². The molecular weight excluding hydrogens is 162 g/mol. The maximum Gasteiger partial charge on any atom is 0.116 e. The molecule has 2 heteroatoms. The van der Waals surface area contributed by atoms with Crippen LogP contribution in [-0.4, -0.2) is 5.11 Å². The molecule has 2 rings (SSSR count). The third kappa shape index (κ3) is 1.83. The summed E-state index contributed by atoms with van der Waals surface area (Å²) < 4.78 is 0. The van der Waals surface area contributed by atoms with Crippen molar-refractivity contribution in [2.75, 3.05) is 0 Å². The number of hydrogen-bond acceptors (Lipinski definition) is 2. The zero-order chi connectivity index (χ0) is 9.42. The van der Waals surface area contributed by atoms with E-state index in [0.29, 0.717) is 11.7 Å². The number of hydrogen-bond donors (Lipinski definition) is 2. The standard InChI is InChI=1S/C11H15NO/c1-7-4-9(6-10(13)5-7)11(12)8-2-3-8/h4-6,8,11,13H,2-3,12H2,1H3/t11-/m1/s1. The maximum atomic E-state index is 9.39. The summed E-state index contributed by atoms with van der Waals surface area (Å²) in [7, 11) is 0. The molecule has 0 aromatic heterocycles. The van der Waals surface area contributed by atoms with Crippen LogP contribution < -0.4 is 5.73 Å². The van der Waals surface area contributed by atoms with Crippen LogP contribution >= 0.6 is 0 Å². The van der Waals surface area contributed by atoms with Gasteiger partial charge in [-0.3, -0.25) is 0 Å². The number of phenols is 1. The Bertz CT molecular complexity index is 298. The Hall–Kier alpha value is -1.02. The SMILES string of the molecule is Cc1cc(O)cc([C@H](N)C2CC2)c1. The van der Waals surface area contributed by atoms with Gasteiger partial charge in [-0.1, -0.05) is 6.07 Å². The van der Waals surface area contributed by atoms with Gasteiger partial charge in [-0.15, -0.1) is 0 Å². The van der Waals surface area contributed by atoms with Gasteiger partial charge >= 0.3 is 0 Å². The number of rotatable bonds is 2. The highest BCUT2D eigenvalue weighted by molar-refractivity contribution is 5.35. The highest BCUT2D eigenvalue weighted by Gasteiger charge is 2.29. The molecule has 1 fully saturated rings. The fourth-order valence-corrected chi connectivity index (χ4v) is 1.71. The molecule has 1 aromatic rings. The van der Waals surface area contributed by atoms with Crippen LogP contribution in [0, 0.1) is 12.8 Å². The monoisotopic (exact) mass is 177 g/mol. The van der Waals surface area contributed by atoms with Crippen molar-refractivity contribution in [2.45, 2.75) is 25.8 Å². The Balaban J connectivity index is 2.27. The third-order valence-electron chi connectivity index (χ3n) is 2.60. The molecule has 0 saturated heterocycles. The first-order valence-electron chi connectivity index (χ1n) is 4.73. The van der Waals surface area contributed by atoms with Crippen LogP contribution in [0.4, 0.5) is 0 Å². The number of benzene rings is 1. The molecule has 0 amide bonds. The van der Waals surface area contributed by atoms with Gasteiger partial charge < -0.3 is 10.8 Å². The summed E-state index contributed by atoms with van der Waals surface area (Å²) in [5, 5.41) is 9.39. The molecule has 1 atom stereocenters. The Morgan fingerprint density at radius 1 is 1.38 bits per heavy atom. The van der Waals surface area contributed by atoms with Crippen molar-refractivity contribution in [1.82, 2.24) is 0 Å². The van der Waals surface area contributed by atoms with Crippen molar-refractivity contribution in [2.24, 2.45) is 11.7 Å². The molecule has 1 aromatic carbocycles. The summed E-state index contributed by atoms with van der Waals surface area (Å²) in [4.78, 5) is 0. The van der Waals surface area contributed by atoms with E-state index in [2.05, 4.69) is 6.07 Å². The molecule has 0 radical (unpaired) electrons. The van der Waals surface area contributed by atoms with Gasteiger partial charge in [-0.05, 0) is 48.9 Å². The first kappa shape index (κ1) is 8.57. The molecule has 0 heterocycles. The normalized spacial score (nSPS) is 18.6. The second-order valence-electron chi connectivity index (χ2n) is 3.97.